The third kappa shape index (κ3) is 6.41. The standard InChI is InChI=1S/C35H36F2IN4O8PS/c1-6-49-51(46,40-31(34(45)47-5)35(2,3)4)50-29-23(43)12-14-42-27(29)33(44)41-15-16-48-28(32(41)39-42)19-8-7-9-20-26(19)38-22-11-10-21(36)25(37)24(22)18-13-17-52-30(18)20/h7-14,17,28,31-32,39-40,46H,6,15-16H2,1-5H3/t28?,31-,32-,51?/m0/s1. The number of pyridine rings is 1. The third-order valence-corrected chi connectivity index (χ3v) is 14.7. The van der Waals surface area contributed by atoms with Crippen molar-refractivity contribution in [3.05, 3.63) is 94.3 Å². The van der Waals surface area contributed by atoms with Gasteiger partial charge >= 0.3 is 265 Å². The fourth-order valence-electron chi connectivity index (χ4n) is 6.48. The van der Waals surface area contributed by atoms with Gasteiger partial charge < -0.3 is 4.74 Å². The van der Waals surface area contributed by atoms with Crippen LogP contribution >= 0.6 is 19.4 Å². The molecule has 276 valence electrons. The Hall–Kier alpha value is -3.51. The number of nitrogens with zero attached hydrogens (tertiary/aromatic N) is 2. The molecule has 12 nitrogen and oxygen atoms in total. The van der Waals surface area contributed by atoms with Crippen LogP contribution in [0.4, 0.5) is 8.78 Å². The van der Waals surface area contributed by atoms with E-state index in [0.717, 1.165) is 29.2 Å². The second-order valence-electron chi connectivity index (χ2n) is 13.3. The molecule has 4 atom stereocenters. The van der Waals surface area contributed by atoms with Crippen molar-refractivity contribution in [2.45, 2.75) is 46.0 Å². The number of thiophene rings is 1. The first kappa shape index (κ1) is 36.8. The molecule has 3 aliphatic heterocycles. The van der Waals surface area contributed by atoms with E-state index in [1.165, 1.54) is 35.4 Å². The van der Waals surface area contributed by atoms with Gasteiger partial charge in [0, 0.05) is 0 Å². The maximum atomic E-state index is 15.4. The molecule has 52 heavy (non-hydrogen) atoms. The molecule has 0 radical (unpaired) electrons. The molecule has 1 fully saturated rings. The van der Waals surface area contributed by atoms with Crippen molar-refractivity contribution in [3.63, 3.8) is 0 Å². The summed E-state index contributed by atoms with van der Waals surface area (Å²) in [4.78, 5) is 54.5. The molecule has 1 saturated heterocycles. The van der Waals surface area contributed by atoms with Gasteiger partial charge in [0.25, 0.3) is 0 Å². The van der Waals surface area contributed by atoms with E-state index in [1.54, 1.807) is 38.7 Å². The van der Waals surface area contributed by atoms with Gasteiger partial charge in [-0.05, 0) is 12.3 Å². The summed E-state index contributed by atoms with van der Waals surface area (Å²) in [6, 6.07) is 10.5. The van der Waals surface area contributed by atoms with Gasteiger partial charge in [-0.25, -0.2) is 0 Å². The van der Waals surface area contributed by atoms with E-state index in [-0.39, 0.29) is 31.0 Å². The second kappa shape index (κ2) is 14.0. The Kier molecular flexibility index (Phi) is 9.95. The zero-order valence-electron chi connectivity index (χ0n) is 28.7. The van der Waals surface area contributed by atoms with E-state index in [1.807, 2.05) is 29.6 Å². The Morgan fingerprint density at radius 3 is 2.71 bits per heavy atom. The van der Waals surface area contributed by atoms with Crippen LogP contribution in [0, 0.1) is 24.2 Å². The average Bonchev–Trinajstić information content (AvgIpc) is 3.54. The quantitative estimate of drug-likeness (QED) is 0.0923. The molecule has 7 rings (SSSR count). The summed E-state index contributed by atoms with van der Waals surface area (Å²) in [7, 11) is -3.00. The van der Waals surface area contributed by atoms with Gasteiger partial charge in [-0.2, -0.15) is 0 Å². The molecule has 3 N–H and O–H groups in total. The molecule has 2 aromatic heterocycles. The van der Waals surface area contributed by atoms with Gasteiger partial charge in [-0.3, -0.25) is 4.79 Å². The number of fused-ring (bicyclic) bond motifs is 7. The summed E-state index contributed by atoms with van der Waals surface area (Å²) < 4.78 is 55.8. The minimum absolute atomic E-state index is 0.0475. The molecule has 17 heteroatoms. The molecule has 3 aliphatic rings. The number of carbonyl (C=O) groups excluding carboxylic acids is 2. The SMILES string of the molecule is CCO[P+](O)(N[C@@H](C(=O)OC)C(C)(C)C)Oc1c2n(ccc1=O)N[C@@H]1C(c3cccc4c3[I-]c3ccc(F)c(F)c3-c3ccsc3-4)OCCN1C2=O. The van der Waals surface area contributed by atoms with Crippen LogP contribution in [0.5, 0.6) is 5.75 Å². The number of nitrogens with one attached hydrogen (secondary N) is 2. The number of methoxy groups -OCH3 is 1. The van der Waals surface area contributed by atoms with Crippen LogP contribution < -0.4 is 41.7 Å². The molecule has 4 aromatic rings. The first-order valence-corrected chi connectivity index (χ1v) is 21.0. The van der Waals surface area contributed by atoms with E-state index >= 15 is 4.39 Å². The summed E-state index contributed by atoms with van der Waals surface area (Å²) in [5, 5.41) is 4.61. The van der Waals surface area contributed by atoms with E-state index < -0.39 is 87.7 Å². The van der Waals surface area contributed by atoms with Crippen molar-refractivity contribution in [1.29, 1.82) is 0 Å². The van der Waals surface area contributed by atoms with Gasteiger partial charge in [0.2, 0.25) is 0 Å². The fourth-order valence-corrected chi connectivity index (χ4v) is 12.6. The van der Waals surface area contributed by atoms with Crippen molar-refractivity contribution >= 4 is 31.3 Å². The van der Waals surface area contributed by atoms with Crippen molar-refractivity contribution in [2.75, 3.05) is 32.3 Å². The number of aromatic nitrogens is 1. The van der Waals surface area contributed by atoms with Gasteiger partial charge in [0.05, 0.1) is 7.11 Å². The number of hydrogen-bond donors (Lipinski definition) is 3. The summed E-state index contributed by atoms with van der Waals surface area (Å²) in [6.45, 7) is 7.15. The Labute approximate surface area is 312 Å². The van der Waals surface area contributed by atoms with Crippen molar-refractivity contribution < 1.29 is 63.0 Å². The predicted molar refractivity (Wildman–Crippen MR) is 186 cm³/mol. The number of ether oxygens (including phenoxy) is 2. The first-order chi connectivity index (χ1) is 24.8. The predicted octanol–water partition coefficient (Wildman–Crippen LogP) is 2.32. The monoisotopic (exact) mass is 868 g/mol. The van der Waals surface area contributed by atoms with Gasteiger partial charge in [0.1, 0.15) is 0 Å². The number of halogens is 3. The van der Waals surface area contributed by atoms with Gasteiger partial charge in [-0.1, -0.05) is 20.8 Å². The summed E-state index contributed by atoms with van der Waals surface area (Å²) in [5.74, 6) is -3.49. The molecule has 0 saturated carbocycles. The van der Waals surface area contributed by atoms with Crippen LogP contribution in [-0.4, -0.2) is 65.4 Å². The van der Waals surface area contributed by atoms with Crippen LogP contribution in [0.25, 0.3) is 21.6 Å². The second-order valence-corrected chi connectivity index (χ2v) is 18.7. The Balaban J connectivity index is 1.27. The maximum absolute atomic E-state index is 15.4. The molecule has 0 spiro atoms. The zero-order chi connectivity index (χ0) is 37.1. The number of morpholine rings is 1. The zero-order valence-corrected chi connectivity index (χ0v) is 32.6. The van der Waals surface area contributed by atoms with Gasteiger partial charge in [-0.15, -0.1) is 0 Å². The number of hydrogen-bond acceptors (Lipinski definition) is 11. The minimum atomic E-state index is -4.21. The normalized spacial score (nSPS) is 19.6. The number of rotatable bonds is 8. The molecular weight excluding hydrogens is 832 g/mol. The van der Waals surface area contributed by atoms with Gasteiger partial charge in [0.15, 0.2) is 0 Å². The molecule has 0 aliphatic carbocycles. The Bertz CT molecular complexity index is 2140. The van der Waals surface area contributed by atoms with E-state index in [0.29, 0.717) is 5.56 Å². The molecule has 1 amide bonds. The van der Waals surface area contributed by atoms with Crippen molar-refractivity contribution in [2.24, 2.45) is 5.41 Å². The molecule has 2 unspecified atom stereocenters. The van der Waals surface area contributed by atoms with Crippen LogP contribution in [0.1, 0.15) is 49.9 Å². The summed E-state index contributed by atoms with van der Waals surface area (Å²) in [5.41, 5.74) is 4.29. The molecule has 5 heterocycles. The fraction of sp³-hybridized carbons (Fsp3) is 0.343. The third-order valence-electron chi connectivity index (χ3n) is 8.91. The van der Waals surface area contributed by atoms with Crippen LogP contribution in [0.3, 0.4) is 0 Å². The van der Waals surface area contributed by atoms with Crippen LogP contribution in [-0.2, 0) is 18.8 Å². The van der Waals surface area contributed by atoms with E-state index in [4.69, 9.17) is 18.5 Å². The summed E-state index contributed by atoms with van der Waals surface area (Å²) in [6.07, 6.45) is -0.0482. The topological polar surface area (TPSA) is 141 Å². The number of benzene rings is 2. The van der Waals surface area contributed by atoms with Crippen molar-refractivity contribution in [1.82, 2.24) is 14.7 Å². The van der Waals surface area contributed by atoms with Crippen molar-refractivity contribution in [3.8, 4) is 27.3 Å². The van der Waals surface area contributed by atoms with Crippen LogP contribution in [0.2, 0.25) is 0 Å². The molecular formula is C35H36F2IN4O8PS. The average molecular weight is 869 g/mol. The first-order valence-electron chi connectivity index (χ1n) is 16.4. The molecule has 2 aromatic carbocycles. The molecule has 0 bridgehead atoms. The Morgan fingerprint density at radius 2 is 1.98 bits per heavy atom. The number of esters is 1. The van der Waals surface area contributed by atoms with E-state index in [9.17, 15) is 23.7 Å². The van der Waals surface area contributed by atoms with E-state index in [2.05, 4.69) is 10.5 Å². The number of carbonyl (C=O) groups is 2. The summed E-state index contributed by atoms with van der Waals surface area (Å²) >= 11 is 0.395. The Morgan fingerprint density at radius 1 is 1.19 bits per heavy atom. The number of amides is 1. The van der Waals surface area contributed by atoms with Crippen LogP contribution in [0.15, 0.2) is 58.8 Å².